The van der Waals surface area contributed by atoms with Gasteiger partial charge in [0.1, 0.15) is 12.3 Å². The number of ether oxygens (including phenoxy) is 2. The van der Waals surface area contributed by atoms with E-state index in [4.69, 9.17) is 14.5 Å². The van der Waals surface area contributed by atoms with Gasteiger partial charge in [0.25, 0.3) is 5.91 Å². The summed E-state index contributed by atoms with van der Waals surface area (Å²) in [5.41, 5.74) is 3.46. The molecule has 0 saturated carbocycles. The number of benzene rings is 2. The van der Waals surface area contributed by atoms with Crippen molar-refractivity contribution in [1.29, 1.82) is 0 Å². The molecule has 0 radical (unpaired) electrons. The first kappa shape index (κ1) is 19.1. The van der Waals surface area contributed by atoms with Crippen LogP contribution in [0.5, 0.6) is 5.75 Å². The number of carbonyl (C=O) groups is 2. The number of hydrogen-bond acceptors (Lipinski definition) is 6. The first-order valence-corrected chi connectivity index (χ1v) is 10.2. The predicted molar refractivity (Wildman–Crippen MR) is 111 cm³/mol. The fourth-order valence-electron chi connectivity index (χ4n) is 3.17. The summed E-state index contributed by atoms with van der Waals surface area (Å²) in [6.45, 7) is 1.78. The molecule has 0 spiro atoms. The van der Waals surface area contributed by atoms with Crippen LogP contribution in [-0.2, 0) is 20.7 Å². The van der Waals surface area contributed by atoms with Gasteiger partial charge in [-0.15, -0.1) is 11.3 Å². The molecule has 0 saturated heterocycles. The monoisotopic (exact) mass is 408 g/mol. The molecular weight excluding hydrogens is 388 g/mol. The molecule has 6 nitrogen and oxygen atoms in total. The average Bonchev–Trinajstić information content (AvgIpc) is 3.19. The van der Waals surface area contributed by atoms with Crippen molar-refractivity contribution >= 4 is 28.9 Å². The first-order valence-electron chi connectivity index (χ1n) is 9.35. The Morgan fingerprint density at radius 3 is 2.86 bits per heavy atom. The van der Waals surface area contributed by atoms with E-state index in [0.717, 1.165) is 22.7 Å². The Balaban J connectivity index is 1.59. The van der Waals surface area contributed by atoms with Crippen molar-refractivity contribution in [3.8, 4) is 17.0 Å². The minimum absolute atomic E-state index is 0.0936. The zero-order valence-corrected chi connectivity index (χ0v) is 16.8. The molecule has 0 aliphatic carbocycles. The van der Waals surface area contributed by atoms with E-state index in [2.05, 4.69) is 12.1 Å². The lowest BCUT2D eigenvalue weighted by atomic mass is 10.1. The molecule has 2 aromatic carbocycles. The van der Waals surface area contributed by atoms with Gasteiger partial charge in [0.05, 0.1) is 23.0 Å². The molecule has 4 rings (SSSR count). The van der Waals surface area contributed by atoms with Crippen LogP contribution in [0.4, 0.5) is 5.69 Å². The number of hydrogen-bond donors (Lipinski definition) is 0. The summed E-state index contributed by atoms with van der Waals surface area (Å²) >= 11 is 1.60. The van der Waals surface area contributed by atoms with Gasteiger partial charge in [0.2, 0.25) is 0 Å². The molecule has 0 bridgehead atoms. The Hall–Kier alpha value is -3.19. The molecule has 2 heterocycles. The summed E-state index contributed by atoms with van der Waals surface area (Å²) in [7, 11) is 0. The number of nitrogens with zero attached hydrogens (tertiary/aromatic N) is 2. The van der Waals surface area contributed by atoms with Crippen LogP contribution in [0.15, 0.2) is 53.9 Å². The molecule has 1 aliphatic heterocycles. The van der Waals surface area contributed by atoms with Crippen molar-refractivity contribution in [3.05, 3.63) is 64.5 Å². The number of fused-ring (bicyclic) bond motifs is 1. The molecule has 148 valence electrons. The fourth-order valence-corrected chi connectivity index (χ4v) is 4.00. The van der Waals surface area contributed by atoms with E-state index in [1.54, 1.807) is 18.3 Å². The van der Waals surface area contributed by atoms with E-state index in [-0.39, 0.29) is 25.7 Å². The number of rotatable bonds is 6. The van der Waals surface area contributed by atoms with Gasteiger partial charge in [-0.1, -0.05) is 30.3 Å². The van der Waals surface area contributed by atoms with Crippen LogP contribution in [0.1, 0.15) is 17.5 Å². The van der Waals surface area contributed by atoms with Crippen molar-refractivity contribution in [2.75, 3.05) is 24.7 Å². The van der Waals surface area contributed by atoms with Crippen molar-refractivity contribution in [2.45, 2.75) is 13.3 Å². The third-order valence-corrected chi connectivity index (χ3v) is 5.39. The van der Waals surface area contributed by atoms with Crippen molar-refractivity contribution in [1.82, 2.24) is 4.98 Å². The summed E-state index contributed by atoms with van der Waals surface area (Å²) in [4.78, 5) is 30.4. The van der Waals surface area contributed by atoms with E-state index in [0.29, 0.717) is 11.4 Å². The topological polar surface area (TPSA) is 68.7 Å². The van der Waals surface area contributed by atoms with Gasteiger partial charge in [-0.25, -0.2) is 4.98 Å². The largest absolute Gasteiger partial charge is 0.482 e. The van der Waals surface area contributed by atoms with E-state index in [1.165, 1.54) is 10.5 Å². The van der Waals surface area contributed by atoms with Gasteiger partial charge in [-0.2, -0.15) is 0 Å². The molecule has 1 amide bonds. The quantitative estimate of drug-likeness (QED) is 0.582. The van der Waals surface area contributed by atoms with Crippen molar-refractivity contribution in [2.24, 2.45) is 0 Å². The third kappa shape index (κ3) is 4.30. The molecular formula is C22H20N2O4S. The first-order chi connectivity index (χ1) is 14.1. The molecule has 1 aromatic heterocycles. The fraction of sp³-hybridized carbons (Fsp3) is 0.227. The van der Waals surface area contributed by atoms with Crippen LogP contribution >= 0.6 is 11.3 Å². The number of carbonyl (C=O) groups excluding carboxylic acids is 2. The van der Waals surface area contributed by atoms with Crippen LogP contribution < -0.4 is 9.64 Å². The van der Waals surface area contributed by atoms with E-state index >= 15 is 0 Å². The maximum absolute atomic E-state index is 12.3. The van der Waals surface area contributed by atoms with E-state index < -0.39 is 5.97 Å². The zero-order chi connectivity index (χ0) is 20.2. The summed E-state index contributed by atoms with van der Waals surface area (Å²) in [5, 5.41) is 3.01. The van der Waals surface area contributed by atoms with Gasteiger partial charge >= 0.3 is 5.97 Å². The van der Waals surface area contributed by atoms with Gasteiger partial charge < -0.3 is 9.47 Å². The summed E-state index contributed by atoms with van der Waals surface area (Å²) in [6.07, 6.45) is 0.771. The van der Waals surface area contributed by atoms with Crippen LogP contribution in [0.2, 0.25) is 0 Å². The molecule has 7 heteroatoms. The standard InChI is InChI=1S/C22H20N2O4S/c1-2-27-22(26)12-24-18-11-16(8-9-19(18)28-13-21(24)25)17-14-29-20(23-17)10-15-6-4-3-5-7-15/h3-9,11,14H,2,10,12-13H2,1H3. The molecule has 0 unspecified atom stereocenters. The second kappa shape index (κ2) is 8.45. The number of thiazole rings is 1. The molecule has 0 fully saturated rings. The van der Waals surface area contributed by atoms with Gasteiger partial charge in [0.15, 0.2) is 6.61 Å². The highest BCUT2D eigenvalue weighted by Gasteiger charge is 2.28. The number of amides is 1. The zero-order valence-electron chi connectivity index (χ0n) is 16.0. The second-order valence-corrected chi connectivity index (χ2v) is 7.49. The SMILES string of the molecule is CCOC(=O)CN1C(=O)COc2ccc(-c3csc(Cc4ccccc4)n3)cc21. The molecule has 0 N–H and O–H groups in total. The summed E-state index contributed by atoms with van der Waals surface area (Å²) in [5.74, 6) is -0.152. The lowest BCUT2D eigenvalue weighted by Gasteiger charge is -2.28. The Kier molecular flexibility index (Phi) is 5.57. The Labute approximate surface area is 172 Å². The van der Waals surface area contributed by atoms with Crippen LogP contribution in [-0.4, -0.2) is 36.6 Å². The summed E-state index contributed by atoms with van der Waals surface area (Å²) < 4.78 is 10.5. The normalized spacial score (nSPS) is 13.0. The van der Waals surface area contributed by atoms with Crippen LogP contribution in [0.3, 0.4) is 0 Å². The van der Waals surface area contributed by atoms with Crippen LogP contribution in [0.25, 0.3) is 11.3 Å². The highest BCUT2D eigenvalue weighted by molar-refractivity contribution is 7.10. The van der Waals surface area contributed by atoms with Crippen molar-refractivity contribution < 1.29 is 19.1 Å². The second-order valence-electron chi connectivity index (χ2n) is 6.54. The maximum atomic E-state index is 12.3. The van der Waals surface area contributed by atoms with E-state index in [9.17, 15) is 9.59 Å². The summed E-state index contributed by atoms with van der Waals surface area (Å²) in [6, 6.07) is 15.8. The smallest absolute Gasteiger partial charge is 0.326 e. The van der Waals surface area contributed by atoms with Gasteiger partial charge in [0, 0.05) is 17.4 Å². The minimum Gasteiger partial charge on any atom is -0.482 e. The molecule has 3 aromatic rings. The van der Waals surface area contributed by atoms with Gasteiger partial charge in [-0.05, 0) is 30.7 Å². The lowest BCUT2D eigenvalue weighted by Crippen LogP contribution is -2.42. The highest BCUT2D eigenvalue weighted by atomic mass is 32.1. The van der Waals surface area contributed by atoms with Gasteiger partial charge in [-0.3, -0.25) is 14.5 Å². The number of aromatic nitrogens is 1. The van der Waals surface area contributed by atoms with E-state index in [1.807, 2.05) is 41.8 Å². The molecule has 29 heavy (non-hydrogen) atoms. The Bertz CT molecular complexity index is 1030. The Morgan fingerprint density at radius 1 is 1.24 bits per heavy atom. The molecule has 1 aliphatic rings. The van der Waals surface area contributed by atoms with Crippen LogP contribution in [0, 0.1) is 0 Å². The minimum atomic E-state index is -0.446. The lowest BCUT2D eigenvalue weighted by molar-refractivity contribution is -0.142. The molecule has 0 atom stereocenters. The maximum Gasteiger partial charge on any atom is 0.326 e. The number of esters is 1. The average molecular weight is 408 g/mol. The third-order valence-electron chi connectivity index (χ3n) is 4.54. The van der Waals surface area contributed by atoms with Crippen molar-refractivity contribution in [3.63, 3.8) is 0 Å². The Morgan fingerprint density at radius 2 is 2.07 bits per heavy atom. The number of anilines is 1. The predicted octanol–water partition coefficient (Wildman–Crippen LogP) is 3.69. The highest BCUT2D eigenvalue weighted by Crippen LogP contribution is 2.36.